The molecule has 0 radical (unpaired) electrons. The first kappa shape index (κ1) is 14.7. The maximum absolute atomic E-state index is 11.9. The average molecular weight is 265 g/mol. The van der Waals surface area contributed by atoms with Gasteiger partial charge in [-0.1, -0.05) is 29.8 Å². The molecular weight excluding hydrogens is 248 g/mol. The van der Waals surface area contributed by atoms with Crippen molar-refractivity contribution in [1.29, 1.82) is 0 Å². The van der Waals surface area contributed by atoms with Crippen molar-refractivity contribution in [1.82, 2.24) is 0 Å². The molecule has 0 aliphatic heterocycles. The van der Waals surface area contributed by atoms with Crippen LogP contribution in [0.4, 0.5) is 0 Å². The van der Waals surface area contributed by atoms with Crippen LogP contribution in [0.3, 0.4) is 0 Å². The lowest BCUT2D eigenvalue weighted by Gasteiger charge is -2.12. The summed E-state index contributed by atoms with van der Waals surface area (Å²) >= 11 is 5.80. The Kier molecular flexibility index (Phi) is 5.79. The molecule has 18 heavy (non-hydrogen) atoms. The fourth-order valence-corrected chi connectivity index (χ4v) is 1.89. The normalized spacial score (nSPS) is 11.9. The number of Topliss-reactive ketones (excluding diaryl/α,β-unsaturated/α-hetero) is 2. The van der Waals surface area contributed by atoms with E-state index in [1.807, 2.05) is 12.1 Å². The van der Waals surface area contributed by atoms with Gasteiger partial charge in [0, 0.05) is 11.4 Å². The van der Waals surface area contributed by atoms with Crippen LogP contribution in [-0.4, -0.2) is 11.6 Å². The van der Waals surface area contributed by atoms with Crippen LogP contribution in [0.1, 0.15) is 25.3 Å². The molecule has 0 aliphatic rings. The van der Waals surface area contributed by atoms with Crippen molar-refractivity contribution < 1.29 is 9.59 Å². The number of halogens is 1. The summed E-state index contributed by atoms with van der Waals surface area (Å²) in [5.41, 5.74) is 0.951. The van der Waals surface area contributed by atoms with Crippen molar-refractivity contribution in [2.75, 3.05) is 0 Å². The van der Waals surface area contributed by atoms with Crippen LogP contribution in [0.25, 0.3) is 0 Å². The highest BCUT2D eigenvalue weighted by Crippen LogP contribution is 2.16. The molecule has 0 N–H and O–H groups in total. The van der Waals surface area contributed by atoms with Crippen LogP contribution < -0.4 is 0 Å². The lowest BCUT2D eigenvalue weighted by Crippen LogP contribution is -2.24. The van der Waals surface area contributed by atoms with Gasteiger partial charge in [0.25, 0.3) is 0 Å². The van der Waals surface area contributed by atoms with Gasteiger partial charge in [0.15, 0.2) is 0 Å². The minimum atomic E-state index is -0.550. The lowest BCUT2D eigenvalue weighted by atomic mass is 9.90. The first-order valence-corrected chi connectivity index (χ1v) is 6.31. The zero-order chi connectivity index (χ0) is 13.5. The predicted molar refractivity (Wildman–Crippen MR) is 73.8 cm³/mol. The Bertz CT molecular complexity index is 434. The molecule has 0 aliphatic carbocycles. The second-order valence-corrected chi connectivity index (χ2v) is 4.72. The lowest BCUT2D eigenvalue weighted by molar-refractivity contribution is -0.131. The maximum Gasteiger partial charge on any atom is 0.143 e. The van der Waals surface area contributed by atoms with Crippen molar-refractivity contribution in [2.45, 2.75) is 26.2 Å². The van der Waals surface area contributed by atoms with E-state index >= 15 is 0 Å². The summed E-state index contributed by atoms with van der Waals surface area (Å²) in [5.74, 6) is -0.650. The Hall–Kier alpha value is -1.41. The monoisotopic (exact) mass is 264 g/mol. The molecule has 96 valence electrons. The quantitative estimate of drug-likeness (QED) is 0.557. The van der Waals surface area contributed by atoms with Crippen LogP contribution in [0.2, 0.25) is 5.02 Å². The first-order valence-electron chi connectivity index (χ1n) is 5.93. The van der Waals surface area contributed by atoms with Crippen molar-refractivity contribution in [2.24, 2.45) is 5.92 Å². The van der Waals surface area contributed by atoms with Gasteiger partial charge in [0.1, 0.15) is 11.6 Å². The van der Waals surface area contributed by atoms with Crippen LogP contribution >= 0.6 is 11.6 Å². The fourth-order valence-electron chi connectivity index (χ4n) is 1.76. The molecule has 0 bridgehead atoms. The third kappa shape index (κ3) is 4.46. The van der Waals surface area contributed by atoms with Crippen LogP contribution in [0.5, 0.6) is 0 Å². The van der Waals surface area contributed by atoms with E-state index in [1.165, 1.54) is 6.92 Å². The molecule has 0 aromatic heterocycles. The predicted octanol–water partition coefficient (Wildman–Crippen LogP) is 3.62. The number of carbonyl (C=O) groups excluding carboxylic acids is 2. The smallest absolute Gasteiger partial charge is 0.143 e. The van der Waals surface area contributed by atoms with E-state index in [0.717, 1.165) is 5.56 Å². The summed E-state index contributed by atoms with van der Waals surface area (Å²) in [7, 11) is 0. The SMILES string of the molecule is C=CCCC(=O)C(Cc1ccc(Cl)cc1)C(C)=O. The molecule has 1 rings (SSSR count). The minimum absolute atomic E-state index is 0.0163. The summed E-state index contributed by atoms with van der Waals surface area (Å²) in [6, 6.07) is 7.22. The topological polar surface area (TPSA) is 34.1 Å². The molecule has 1 aromatic rings. The zero-order valence-electron chi connectivity index (χ0n) is 10.5. The molecule has 0 amide bonds. The van der Waals surface area contributed by atoms with E-state index < -0.39 is 5.92 Å². The van der Waals surface area contributed by atoms with Gasteiger partial charge in [-0.3, -0.25) is 9.59 Å². The summed E-state index contributed by atoms with van der Waals surface area (Å²) in [6.45, 7) is 5.04. The van der Waals surface area contributed by atoms with Crippen molar-refractivity contribution in [3.05, 3.63) is 47.5 Å². The number of allylic oxidation sites excluding steroid dienone is 1. The van der Waals surface area contributed by atoms with E-state index in [9.17, 15) is 9.59 Å². The van der Waals surface area contributed by atoms with Crippen LogP contribution in [0, 0.1) is 5.92 Å². The molecule has 0 heterocycles. The molecule has 3 heteroatoms. The van der Waals surface area contributed by atoms with Crippen LogP contribution in [-0.2, 0) is 16.0 Å². The highest BCUT2D eigenvalue weighted by molar-refractivity contribution is 6.30. The van der Waals surface area contributed by atoms with Crippen LogP contribution in [0.15, 0.2) is 36.9 Å². The van der Waals surface area contributed by atoms with E-state index in [4.69, 9.17) is 11.6 Å². The van der Waals surface area contributed by atoms with Gasteiger partial charge in [-0.05, 0) is 37.5 Å². The number of carbonyl (C=O) groups is 2. The van der Waals surface area contributed by atoms with Crippen molar-refractivity contribution in [3.63, 3.8) is 0 Å². The maximum atomic E-state index is 11.9. The van der Waals surface area contributed by atoms with Gasteiger partial charge in [-0.25, -0.2) is 0 Å². The molecule has 0 spiro atoms. The van der Waals surface area contributed by atoms with Gasteiger partial charge >= 0.3 is 0 Å². The Morgan fingerprint density at radius 3 is 2.44 bits per heavy atom. The van der Waals surface area contributed by atoms with E-state index in [0.29, 0.717) is 24.3 Å². The molecule has 1 aromatic carbocycles. The zero-order valence-corrected chi connectivity index (χ0v) is 11.2. The Morgan fingerprint density at radius 2 is 1.94 bits per heavy atom. The van der Waals surface area contributed by atoms with Crippen molar-refractivity contribution >= 4 is 23.2 Å². The standard InChI is InChI=1S/C15H17ClO2/c1-3-4-5-15(18)14(11(2)17)10-12-6-8-13(16)9-7-12/h3,6-9,14H,1,4-5,10H2,2H3. The first-order chi connectivity index (χ1) is 8.54. The Morgan fingerprint density at radius 1 is 1.33 bits per heavy atom. The summed E-state index contributed by atoms with van der Waals surface area (Å²) in [6.07, 6.45) is 3.13. The second-order valence-electron chi connectivity index (χ2n) is 4.29. The van der Waals surface area contributed by atoms with E-state index in [1.54, 1.807) is 18.2 Å². The summed E-state index contributed by atoms with van der Waals surface area (Å²) in [5, 5.41) is 0.649. The molecule has 0 saturated heterocycles. The molecule has 2 nitrogen and oxygen atoms in total. The molecular formula is C15H17ClO2. The molecule has 0 saturated carbocycles. The number of rotatable bonds is 7. The highest BCUT2D eigenvalue weighted by atomic mass is 35.5. The minimum Gasteiger partial charge on any atom is -0.299 e. The van der Waals surface area contributed by atoms with Gasteiger partial charge in [-0.15, -0.1) is 6.58 Å². The highest BCUT2D eigenvalue weighted by Gasteiger charge is 2.22. The average Bonchev–Trinajstić information content (AvgIpc) is 2.34. The van der Waals surface area contributed by atoms with Crippen molar-refractivity contribution in [3.8, 4) is 0 Å². The van der Waals surface area contributed by atoms with Gasteiger partial charge in [0.2, 0.25) is 0 Å². The number of hydrogen-bond acceptors (Lipinski definition) is 2. The third-order valence-electron chi connectivity index (χ3n) is 2.83. The van der Waals surface area contributed by atoms with Gasteiger partial charge in [-0.2, -0.15) is 0 Å². The fraction of sp³-hybridized carbons (Fsp3) is 0.333. The molecule has 0 fully saturated rings. The number of hydrogen-bond donors (Lipinski definition) is 0. The third-order valence-corrected chi connectivity index (χ3v) is 3.08. The van der Waals surface area contributed by atoms with Gasteiger partial charge < -0.3 is 0 Å². The molecule has 1 atom stereocenters. The summed E-state index contributed by atoms with van der Waals surface area (Å²) in [4.78, 5) is 23.5. The Labute approximate surface area is 113 Å². The van der Waals surface area contributed by atoms with Gasteiger partial charge in [0.05, 0.1) is 5.92 Å². The number of ketones is 2. The molecule has 1 unspecified atom stereocenters. The largest absolute Gasteiger partial charge is 0.299 e. The van der Waals surface area contributed by atoms with E-state index in [2.05, 4.69) is 6.58 Å². The second kappa shape index (κ2) is 7.12. The summed E-state index contributed by atoms with van der Waals surface area (Å²) < 4.78 is 0. The van der Waals surface area contributed by atoms with E-state index in [-0.39, 0.29) is 11.6 Å². The Balaban J connectivity index is 2.74. The number of benzene rings is 1.